The van der Waals surface area contributed by atoms with Gasteiger partial charge in [-0.1, -0.05) is 32.0 Å². The third kappa shape index (κ3) is 1.62. The van der Waals surface area contributed by atoms with E-state index in [1.807, 2.05) is 30.3 Å². The van der Waals surface area contributed by atoms with Crippen LogP contribution >= 0.6 is 0 Å². The Balaban J connectivity index is 2.26. The van der Waals surface area contributed by atoms with Crippen molar-refractivity contribution in [1.82, 2.24) is 0 Å². The molecule has 1 heterocycles. The van der Waals surface area contributed by atoms with Crippen molar-refractivity contribution in [2.24, 2.45) is 5.41 Å². The van der Waals surface area contributed by atoms with Gasteiger partial charge in [-0.25, -0.2) is 0 Å². The lowest BCUT2D eigenvalue weighted by molar-refractivity contribution is -0.546. The predicted molar refractivity (Wildman–Crippen MR) is 56.1 cm³/mol. The summed E-state index contributed by atoms with van der Waals surface area (Å²) in [5, 5.41) is 1.79. The lowest BCUT2D eigenvalue weighted by Gasteiger charge is -2.10. The molecule has 0 saturated carbocycles. The molecular weight excluding hydrogens is 176 g/mol. The maximum Gasteiger partial charge on any atom is 0.232 e. The zero-order valence-electron chi connectivity index (χ0n) is 8.60. The third-order valence-electron chi connectivity index (χ3n) is 2.46. The van der Waals surface area contributed by atoms with Crippen LogP contribution in [0.4, 0.5) is 5.69 Å². The number of rotatable bonds is 1. The van der Waals surface area contributed by atoms with Crippen molar-refractivity contribution in [1.29, 1.82) is 0 Å². The fourth-order valence-electron chi connectivity index (χ4n) is 1.81. The molecule has 14 heavy (non-hydrogen) atoms. The summed E-state index contributed by atoms with van der Waals surface area (Å²) in [5.41, 5.74) is 1.06. The average Bonchev–Trinajstić information content (AvgIpc) is 2.41. The first kappa shape index (κ1) is 9.19. The molecule has 0 aliphatic carbocycles. The zero-order chi connectivity index (χ0) is 10.2. The van der Waals surface area contributed by atoms with Crippen LogP contribution in [0.2, 0.25) is 0 Å². The monoisotopic (exact) mass is 191 g/mol. The van der Waals surface area contributed by atoms with Crippen LogP contribution in [0.15, 0.2) is 30.3 Å². The minimum Gasteiger partial charge on any atom is -0.108 e. The van der Waals surface area contributed by atoms with E-state index in [-0.39, 0.29) is 5.41 Å². The molecule has 1 saturated heterocycles. The molecule has 1 aliphatic heterocycles. The Morgan fingerprint density at radius 2 is 1.93 bits per heavy atom. The molecule has 0 radical (unpaired) electrons. The van der Waals surface area contributed by atoms with Crippen molar-refractivity contribution in [3.05, 3.63) is 35.2 Å². The molecule has 1 aliphatic rings. The third-order valence-corrected chi connectivity index (χ3v) is 2.46. The van der Waals surface area contributed by atoms with Gasteiger partial charge < -0.3 is 0 Å². The van der Waals surface area contributed by atoms with Crippen molar-refractivity contribution in [3.63, 3.8) is 0 Å². The molecule has 0 atom stereocenters. The van der Waals surface area contributed by atoms with Crippen molar-refractivity contribution < 1.29 is 4.87 Å². The summed E-state index contributed by atoms with van der Waals surface area (Å²) in [6.07, 6.45) is 0. The van der Waals surface area contributed by atoms with Gasteiger partial charge in [0.1, 0.15) is 10.6 Å². The number of hydrogen-bond donors (Lipinski definition) is 0. The molecule has 3 heteroatoms. The Bertz CT molecular complexity index is 346. The van der Waals surface area contributed by atoms with Gasteiger partial charge in [0.2, 0.25) is 6.54 Å². The summed E-state index contributed by atoms with van der Waals surface area (Å²) in [7, 11) is 0. The molecular formula is C11H15N2O+. The summed E-state index contributed by atoms with van der Waals surface area (Å²) >= 11 is 0. The van der Waals surface area contributed by atoms with E-state index in [0.29, 0.717) is 6.54 Å². The first-order valence-corrected chi connectivity index (χ1v) is 4.86. The smallest absolute Gasteiger partial charge is 0.108 e. The molecule has 0 N–H and O–H groups in total. The Morgan fingerprint density at radius 1 is 1.29 bits per heavy atom. The summed E-state index contributed by atoms with van der Waals surface area (Å²) in [5.74, 6) is 0. The van der Waals surface area contributed by atoms with E-state index in [0.717, 1.165) is 17.1 Å². The van der Waals surface area contributed by atoms with Gasteiger partial charge in [-0.3, -0.25) is 0 Å². The fraction of sp³-hybridized carbons (Fsp3) is 0.455. The van der Waals surface area contributed by atoms with Crippen LogP contribution in [0.3, 0.4) is 0 Å². The van der Waals surface area contributed by atoms with Gasteiger partial charge in [0, 0.05) is 0 Å². The Morgan fingerprint density at radius 3 is 2.43 bits per heavy atom. The van der Waals surface area contributed by atoms with Crippen LogP contribution in [-0.4, -0.2) is 18.0 Å². The molecule has 2 rings (SSSR count). The topological polar surface area (TPSA) is 23.3 Å². The lowest BCUT2D eigenvalue weighted by atomic mass is 9.95. The second-order valence-corrected chi connectivity index (χ2v) is 4.57. The number of benzene rings is 1. The molecule has 1 aromatic carbocycles. The van der Waals surface area contributed by atoms with E-state index in [1.54, 1.807) is 5.01 Å². The van der Waals surface area contributed by atoms with Crippen LogP contribution in [0.1, 0.15) is 13.8 Å². The van der Waals surface area contributed by atoms with Crippen LogP contribution in [0.25, 0.3) is 0 Å². The summed E-state index contributed by atoms with van der Waals surface area (Å²) < 4.78 is 0. The van der Waals surface area contributed by atoms with Gasteiger partial charge in [0.15, 0.2) is 0 Å². The number of hydrogen-bond acceptors (Lipinski definition) is 1. The second-order valence-electron chi connectivity index (χ2n) is 4.57. The summed E-state index contributed by atoms with van der Waals surface area (Å²) in [6, 6.07) is 9.79. The number of nitrogens with zero attached hydrogens (tertiary/aromatic N) is 2. The molecule has 1 fully saturated rings. The first-order valence-electron chi connectivity index (χ1n) is 4.86. The number of hydrazine groups is 1. The Kier molecular flexibility index (Phi) is 2.02. The first-order chi connectivity index (χ1) is 6.58. The molecule has 0 spiro atoms. The lowest BCUT2D eigenvalue weighted by Crippen LogP contribution is -2.26. The fourth-order valence-corrected chi connectivity index (χ4v) is 1.81. The van der Waals surface area contributed by atoms with Gasteiger partial charge in [0.05, 0.1) is 16.9 Å². The zero-order valence-corrected chi connectivity index (χ0v) is 8.60. The minimum atomic E-state index is 0.0809. The average molecular weight is 191 g/mol. The van der Waals surface area contributed by atoms with E-state index in [2.05, 4.69) is 13.8 Å². The van der Waals surface area contributed by atoms with E-state index in [9.17, 15) is 4.91 Å². The largest absolute Gasteiger partial charge is 0.232 e. The highest BCUT2D eigenvalue weighted by Gasteiger charge is 2.43. The van der Waals surface area contributed by atoms with Crippen molar-refractivity contribution in [3.8, 4) is 0 Å². The van der Waals surface area contributed by atoms with Gasteiger partial charge >= 0.3 is 0 Å². The molecule has 0 aromatic heterocycles. The SMILES string of the molecule is CC1(C)CN(c2ccccc2)[N+](=O)C1. The van der Waals surface area contributed by atoms with Gasteiger partial charge in [-0.15, -0.1) is 5.01 Å². The molecule has 0 unspecified atom stereocenters. The van der Waals surface area contributed by atoms with Gasteiger partial charge in [-0.05, 0) is 12.1 Å². The quantitative estimate of drug-likeness (QED) is 0.635. The molecule has 0 bridgehead atoms. The van der Waals surface area contributed by atoms with Crippen LogP contribution in [0.5, 0.6) is 0 Å². The number of para-hydroxylation sites is 1. The van der Waals surface area contributed by atoms with E-state index in [1.165, 1.54) is 0 Å². The highest BCUT2D eigenvalue weighted by Crippen LogP contribution is 2.28. The second kappa shape index (κ2) is 3.08. The van der Waals surface area contributed by atoms with E-state index < -0.39 is 0 Å². The molecule has 3 nitrogen and oxygen atoms in total. The van der Waals surface area contributed by atoms with Crippen molar-refractivity contribution in [2.75, 3.05) is 18.1 Å². The van der Waals surface area contributed by atoms with Crippen LogP contribution < -0.4 is 5.01 Å². The van der Waals surface area contributed by atoms with Crippen LogP contribution in [-0.2, 0) is 0 Å². The summed E-state index contributed by atoms with van der Waals surface area (Å²) in [4.78, 5) is 12.7. The van der Waals surface area contributed by atoms with E-state index in [4.69, 9.17) is 0 Å². The predicted octanol–water partition coefficient (Wildman–Crippen LogP) is 2.23. The van der Waals surface area contributed by atoms with E-state index >= 15 is 0 Å². The molecule has 1 aromatic rings. The highest BCUT2D eigenvalue weighted by molar-refractivity contribution is 5.43. The Labute approximate surface area is 83.9 Å². The van der Waals surface area contributed by atoms with Crippen molar-refractivity contribution in [2.45, 2.75) is 13.8 Å². The van der Waals surface area contributed by atoms with Crippen LogP contribution in [0, 0.1) is 10.3 Å². The standard InChI is InChI=1S/C11H15N2O/c1-11(2)8-12(13(14)9-11)10-6-4-3-5-7-10/h3-7H,8-9H2,1-2H3/q+1. The van der Waals surface area contributed by atoms with Gasteiger partial charge in [0.25, 0.3) is 0 Å². The number of nitroso groups, excluding NO2 is 1. The maximum atomic E-state index is 11.6. The summed E-state index contributed by atoms with van der Waals surface area (Å²) in [6.45, 7) is 5.59. The molecule has 0 amide bonds. The molecule has 74 valence electrons. The number of anilines is 1. The minimum absolute atomic E-state index is 0.0809. The Hall–Kier alpha value is -1.38. The maximum absolute atomic E-state index is 11.6. The normalized spacial score (nSPS) is 20.1. The van der Waals surface area contributed by atoms with Gasteiger partial charge in [-0.2, -0.15) is 0 Å². The van der Waals surface area contributed by atoms with Crippen molar-refractivity contribution >= 4 is 5.69 Å². The highest BCUT2D eigenvalue weighted by atomic mass is 16.3.